The van der Waals surface area contributed by atoms with Gasteiger partial charge in [-0.1, -0.05) is 0 Å². The lowest BCUT2D eigenvalue weighted by atomic mass is 9.90. The molecule has 0 saturated carbocycles. The van der Waals surface area contributed by atoms with Gasteiger partial charge in [0, 0.05) is 16.9 Å². The molecular weight excluding hydrogens is 197 g/mol. The third-order valence-corrected chi connectivity index (χ3v) is 3.82. The van der Waals surface area contributed by atoms with Gasteiger partial charge in [-0.05, 0) is 42.9 Å². The van der Waals surface area contributed by atoms with Crippen molar-refractivity contribution in [1.29, 1.82) is 0 Å². The lowest BCUT2D eigenvalue weighted by Crippen LogP contribution is -2.27. The minimum absolute atomic E-state index is 0.108. The monoisotopic (exact) mass is 211 g/mol. The molecule has 2 atom stereocenters. The first-order valence-electron chi connectivity index (χ1n) is 4.86. The van der Waals surface area contributed by atoms with E-state index < -0.39 is 0 Å². The van der Waals surface area contributed by atoms with Gasteiger partial charge in [0.15, 0.2) is 0 Å². The zero-order chi connectivity index (χ0) is 10.1. The van der Waals surface area contributed by atoms with Crippen molar-refractivity contribution in [1.82, 2.24) is 0 Å². The number of benzene rings is 1. The Morgan fingerprint density at radius 2 is 2.36 bits per heavy atom. The first-order chi connectivity index (χ1) is 6.68. The lowest BCUT2D eigenvalue weighted by molar-refractivity contribution is 0.535. The molecule has 0 bridgehead atoms. The predicted molar refractivity (Wildman–Crippen MR) is 58.1 cm³/mol. The van der Waals surface area contributed by atoms with E-state index in [-0.39, 0.29) is 11.9 Å². The summed E-state index contributed by atoms with van der Waals surface area (Å²) in [5.41, 5.74) is 6.99. The topological polar surface area (TPSA) is 26.0 Å². The van der Waals surface area contributed by atoms with Gasteiger partial charge in [0.2, 0.25) is 0 Å². The van der Waals surface area contributed by atoms with Gasteiger partial charge < -0.3 is 5.73 Å². The number of thioether (sulfide) groups is 1. The maximum Gasteiger partial charge on any atom is 0.123 e. The number of rotatable bonds is 1. The third kappa shape index (κ3) is 1.79. The van der Waals surface area contributed by atoms with Crippen LogP contribution in [-0.2, 0) is 0 Å². The number of hydrogen-bond acceptors (Lipinski definition) is 2. The molecule has 1 aliphatic heterocycles. The van der Waals surface area contributed by atoms with Crippen LogP contribution in [0.4, 0.5) is 4.39 Å². The molecule has 2 rings (SSSR count). The molecule has 0 saturated heterocycles. The zero-order valence-electron chi connectivity index (χ0n) is 8.16. The number of hydrogen-bond donors (Lipinski definition) is 1. The highest BCUT2D eigenvalue weighted by Crippen LogP contribution is 2.38. The smallest absolute Gasteiger partial charge is 0.123 e. The van der Waals surface area contributed by atoms with E-state index in [2.05, 4.69) is 0 Å². The van der Waals surface area contributed by atoms with Gasteiger partial charge in [-0.25, -0.2) is 4.39 Å². The highest BCUT2D eigenvalue weighted by atomic mass is 32.2. The van der Waals surface area contributed by atoms with Crippen LogP contribution in [0.2, 0.25) is 0 Å². The first-order valence-corrected chi connectivity index (χ1v) is 5.85. The first kappa shape index (κ1) is 9.99. The summed E-state index contributed by atoms with van der Waals surface area (Å²) in [4.78, 5) is 1.19. The van der Waals surface area contributed by atoms with Crippen LogP contribution in [0.25, 0.3) is 0 Å². The molecule has 0 fully saturated rings. The summed E-state index contributed by atoms with van der Waals surface area (Å²) >= 11 is 1.80. The summed E-state index contributed by atoms with van der Waals surface area (Å²) in [6, 6.07) is 5.13. The standard InChI is InChI=1S/C11H14FNS/c1-7(13)9-4-5-14-11-3-2-8(12)6-10(9)11/h2-3,6-7,9H,4-5,13H2,1H3. The Kier molecular flexibility index (Phi) is 2.79. The Morgan fingerprint density at radius 1 is 1.57 bits per heavy atom. The van der Waals surface area contributed by atoms with Gasteiger partial charge >= 0.3 is 0 Å². The van der Waals surface area contributed by atoms with Crippen LogP contribution in [0.3, 0.4) is 0 Å². The molecule has 0 radical (unpaired) electrons. The number of nitrogens with two attached hydrogens (primary N) is 1. The second-order valence-electron chi connectivity index (χ2n) is 3.78. The minimum atomic E-state index is -0.156. The average molecular weight is 211 g/mol. The molecule has 1 nitrogen and oxygen atoms in total. The van der Waals surface area contributed by atoms with Crippen LogP contribution in [0.1, 0.15) is 24.8 Å². The van der Waals surface area contributed by atoms with E-state index in [1.807, 2.05) is 13.0 Å². The Hall–Kier alpha value is -0.540. The van der Waals surface area contributed by atoms with Gasteiger partial charge in [0.25, 0.3) is 0 Å². The summed E-state index contributed by atoms with van der Waals surface area (Å²) in [6.45, 7) is 2.00. The van der Waals surface area contributed by atoms with E-state index in [0.717, 1.165) is 17.7 Å². The average Bonchev–Trinajstić information content (AvgIpc) is 2.16. The maximum absolute atomic E-state index is 13.1. The van der Waals surface area contributed by atoms with Gasteiger partial charge in [-0.3, -0.25) is 0 Å². The van der Waals surface area contributed by atoms with Crippen molar-refractivity contribution in [2.45, 2.75) is 30.2 Å². The van der Waals surface area contributed by atoms with E-state index in [1.165, 1.54) is 11.0 Å². The molecule has 0 aliphatic carbocycles. The quantitative estimate of drug-likeness (QED) is 0.773. The maximum atomic E-state index is 13.1. The van der Waals surface area contributed by atoms with Crippen molar-refractivity contribution < 1.29 is 4.39 Å². The minimum Gasteiger partial charge on any atom is -0.327 e. The van der Waals surface area contributed by atoms with Crippen LogP contribution in [-0.4, -0.2) is 11.8 Å². The summed E-state index contributed by atoms with van der Waals surface area (Å²) in [5.74, 6) is 1.25. The van der Waals surface area contributed by atoms with E-state index >= 15 is 0 Å². The lowest BCUT2D eigenvalue weighted by Gasteiger charge is -2.27. The third-order valence-electron chi connectivity index (χ3n) is 2.69. The SMILES string of the molecule is CC(N)C1CCSc2ccc(F)cc21. The van der Waals surface area contributed by atoms with Crippen molar-refractivity contribution in [3.05, 3.63) is 29.6 Å². The molecule has 0 spiro atoms. The molecule has 1 aromatic carbocycles. The fourth-order valence-electron chi connectivity index (χ4n) is 1.94. The van der Waals surface area contributed by atoms with E-state index in [1.54, 1.807) is 17.8 Å². The van der Waals surface area contributed by atoms with Crippen molar-refractivity contribution >= 4 is 11.8 Å². The largest absolute Gasteiger partial charge is 0.327 e. The number of halogens is 1. The summed E-state index contributed by atoms with van der Waals surface area (Å²) in [6.07, 6.45) is 1.05. The molecule has 2 N–H and O–H groups in total. The fraction of sp³-hybridized carbons (Fsp3) is 0.455. The molecule has 0 amide bonds. The molecule has 3 heteroatoms. The predicted octanol–water partition coefficient (Wildman–Crippen LogP) is 2.75. The van der Waals surface area contributed by atoms with Gasteiger partial charge in [0.05, 0.1) is 0 Å². The summed E-state index contributed by atoms with van der Waals surface area (Å²) < 4.78 is 13.1. The van der Waals surface area contributed by atoms with E-state index in [0.29, 0.717) is 5.92 Å². The molecule has 1 aromatic rings. The van der Waals surface area contributed by atoms with Crippen LogP contribution >= 0.6 is 11.8 Å². The summed E-state index contributed by atoms with van der Waals surface area (Å²) in [5, 5.41) is 0. The van der Waals surface area contributed by atoms with E-state index in [4.69, 9.17) is 5.73 Å². The Morgan fingerprint density at radius 3 is 3.07 bits per heavy atom. The molecule has 2 unspecified atom stereocenters. The van der Waals surface area contributed by atoms with E-state index in [9.17, 15) is 4.39 Å². The Labute approximate surface area is 87.9 Å². The highest BCUT2D eigenvalue weighted by Gasteiger charge is 2.23. The molecule has 76 valence electrons. The Bertz CT molecular complexity index is 338. The Balaban J connectivity index is 2.41. The second-order valence-corrected chi connectivity index (χ2v) is 4.92. The molecule has 0 aromatic heterocycles. The van der Waals surface area contributed by atoms with Crippen LogP contribution in [0.5, 0.6) is 0 Å². The molecule has 1 heterocycles. The van der Waals surface area contributed by atoms with Crippen molar-refractivity contribution in [3.63, 3.8) is 0 Å². The molecular formula is C11H14FNS. The van der Waals surface area contributed by atoms with Crippen molar-refractivity contribution in [3.8, 4) is 0 Å². The normalized spacial score (nSPS) is 22.9. The van der Waals surface area contributed by atoms with Crippen LogP contribution in [0.15, 0.2) is 23.1 Å². The fourth-order valence-corrected chi connectivity index (χ4v) is 3.07. The molecule has 1 aliphatic rings. The van der Waals surface area contributed by atoms with Crippen LogP contribution < -0.4 is 5.73 Å². The highest BCUT2D eigenvalue weighted by molar-refractivity contribution is 7.99. The van der Waals surface area contributed by atoms with Gasteiger partial charge in [0.1, 0.15) is 5.82 Å². The van der Waals surface area contributed by atoms with Crippen molar-refractivity contribution in [2.24, 2.45) is 5.73 Å². The van der Waals surface area contributed by atoms with Gasteiger partial charge in [-0.2, -0.15) is 0 Å². The van der Waals surface area contributed by atoms with Crippen LogP contribution in [0, 0.1) is 5.82 Å². The molecule has 14 heavy (non-hydrogen) atoms. The summed E-state index contributed by atoms with van der Waals surface area (Å²) in [7, 11) is 0. The van der Waals surface area contributed by atoms with Crippen molar-refractivity contribution in [2.75, 3.05) is 5.75 Å². The second kappa shape index (κ2) is 3.91. The zero-order valence-corrected chi connectivity index (χ0v) is 8.98. The van der Waals surface area contributed by atoms with Gasteiger partial charge in [-0.15, -0.1) is 11.8 Å². The number of fused-ring (bicyclic) bond motifs is 1.